The number of nitrogens with two attached hydrogens (primary N) is 1. The molecule has 1 aliphatic carbocycles. The number of aromatic nitrogens is 1. The third-order valence-corrected chi connectivity index (χ3v) is 4.45. The average Bonchev–Trinajstić information content (AvgIpc) is 2.67. The van der Waals surface area contributed by atoms with Crippen LogP contribution in [0.15, 0.2) is 59.2 Å². The molecule has 1 heterocycles. The molecule has 0 spiro atoms. The third-order valence-electron chi connectivity index (χ3n) is 4.15. The number of halogens is 2. The van der Waals surface area contributed by atoms with E-state index in [1.54, 1.807) is 18.3 Å². The molecule has 0 aromatic carbocycles. The lowest BCUT2D eigenvalue weighted by atomic mass is 9.95. The summed E-state index contributed by atoms with van der Waals surface area (Å²) >= 11 is 6.10. The summed E-state index contributed by atoms with van der Waals surface area (Å²) in [5.74, 6) is -0.228. The Kier molecular flexibility index (Phi) is 7.78. The number of nitriles is 1. The highest BCUT2D eigenvalue weighted by Gasteiger charge is 2.19. The summed E-state index contributed by atoms with van der Waals surface area (Å²) < 4.78 is 14.4. The van der Waals surface area contributed by atoms with Crippen molar-refractivity contribution in [2.45, 2.75) is 45.2 Å². The first kappa shape index (κ1) is 20.9. The van der Waals surface area contributed by atoms with E-state index in [-0.39, 0.29) is 18.3 Å². The van der Waals surface area contributed by atoms with Crippen molar-refractivity contribution in [1.29, 1.82) is 5.26 Å². The Morgan fingerprint density at radius 1 is 1.48 bits per heavy atom. The zero-order chi connectivity index (χ0) is 19.8. The van der Waals surface area contributed by atoms with Gasteiger partial charge < -0.3 is 11.1 Å². The van der Waals surface area contributed by atoms with Crippen LogP contribution in [0.2, 0.25) is 0 Å². The van der Waals surface area contributed by atoms with Gasteiger partial charge in [-0.15, -0.1) is 0 Å². The lowest BCUT2D eigenvalue weighted by Crippen LogP contribution is -2.23. The number of pyridine rings is 1. The molecule has 1 aromatic heterocycles. The molecule has 142 valence electrons. The lowest BCUT2D eigenvalue weighted by Gasteiger charge is -2.17. The van der Waals surface area contributed by atoms with Gasteiger partial charge in [-0.2, -0.15) is 5.26 Å². The highest BCUT2D eigenvalue weighted by Crippen LogP contribution is 2.34. The minimum Gasteiger partial charge on any atom is -0.371 e. The van der Waals surface area contributed by atoms with Gasteiger partial charge in [0.1, 0.15) is 17.6 Å². The molecular weight excluding hydrogens is 363 g/mol. The summed E-state index contributed by atoms with van der Waals surface area (Å²) in [5.41, 5.74) is 8.47. The van der Waals surface area contributed by atoms with Gasteiger partial charge in [-0.25, -0.2) is 4.39 Å². The minimum atomic E-state index is -0.465. The Bertz CT molecular complexity index is 833. The molecule has 2 atom stereocenters. The van der Waals surface area contributed by atoms with Gasteiger partial charge in [0.05, 0.1) is 11.7 Å². The van der Waals surface area contributed by atoms with Crippen LogP contribution in [0.4, 0.5) is 4.39 Å². The van der Waals surface area contributed by atoms with Crippen LogP contribution in [0.5, 0.6) is 0 Å². The van der Waals surface area contributed by atoms with Gasteiger partial charge in [0.15, 0.2) is 0 Å². The fourth-order valence-electron chi connectivity index (χ4n) is 2.80. The zero-order valence-corrected chi connectivity index (χ0v) is 16.3. The van der Waals surface area contributed by atoms with Crippen molar-refractivity contribution in [2.24, 2.45) is 5.73 Å². The fraction of sp³-hybridized carbons (Fsp3) is 0.333. The Balaban J connectivity index is 2.22. The molecule has 0 radical (unpaired) electrons. The standard InChI is InChI=1S/C21H24ClFN4/c1-3-5-16(13-24)27-14(2)7-10-20(25)17-6-4-11-26-21(17)18-12-15(22)8-9-19(18)23/h4-7,10-12,14,20,27H,3,8-9,25H2,1-2H3/b10-7-,16-5-. The van der Waals surface area contributed by atoms with Gasteiger partial charge in [-0.1, -0.05) is 42.8 Å². The molecular formula is C21H24ClFN4. The van der Waals surface area contributed by atoms with E-state index >= 15 is 0 Å². The molecule has 4 nitrogen and oxygen atoms in total. The van der Waals surface area contributed by atoms with Crippen molar-refractivity contribution in [3.05, 3.63) is 70.4 Å². The first-order valence-corrected chi connectivity index (χ1v) is 9.34. The molecule has 0 bridgehead atoms. The van der Waals surface area contributed by atoms with Gasteiger partial charge in [-0.05, 0) is 37.5 Å². The van der Waals surface area contributed by atoms with Gasteiger partial charge in [0.25, 0.3) is 0 Å². The molecule has 0 aliphatic heterocycles. The van der Waals surface area contributed by atoms with Crippen LogP contribution in [-0.2, 0) is 0 Å². The molecule has 1 aliphatic rings. The van der Waals surface area contributed by atoms with Crippen molar-refractivity contribution >= 4 is 17.2 Å². The van der Waals surface area contributed by atoms with E-state index in [0.29, 0.717) is 28.4 Å². The monoisotopic (exact) mass is 386 g/mol. The van der Waals surface area contributed by atoms with Gasteiger partial charge >= 0.3 is 0 Å². The van der Waals surface area contributed by atoms with Crippen LogP contribution in [0.3, 0.4) is 0 Å². The molecule has 27 heavy (non-hydrogen) atoms. The van der Waals surface area contributed by atoms with Gasteiger partial charge in [-0.3, -0.25) is 4.98 Å². The van der Waals surface area contributed by atoms with Crippen molar-refractivity contribution in [3.63, 3.8) is 0 Å². The highest BCUT2D eigenvalue weighted by atomic mass is 35.5. The summed E-state index contributed by atoms with van der Waals surface area (Å²) in [6.45, 7) is 3.90. The van der Waals surface area contributed by atoms with E-state index in [2.05, 4.69) is 16.4 Å². The molecule has 0 saturated heterocycles. The SMILES string of the molecule is CC/C=C(/C#N)NC(C)/C=C\C(N)c1cccnc1C1=C(F)CCC(Cl)=C1. The van der Waals surface area contributed by atoms with Crippen molar-refractivity contribution in [2.75, 3.05) is 0 Å². The maximum Gasteiger partial charge on any atom is 0.117 e. The molecule has 0 amide bonds. The van der Waals surface area contributed by atoms with Crippen molar-refractivity contribution in [3.8, 4) is 6.07 Å². The van der Waals surface area contributed by atoms with E-state index in [1.165, 1.54) is 0 Å². The summed E-state index contributed by atoms with van der Waals surface area (Å²) in [6, 6.07) is 5.20. The van der Waals surface area contributed by atoms with Crippen LogP contribution >= 0.6 is 11.6 Å². The Morgan fingerprint density at radius 3 is 2.96 bits per heavy atom. The van der Waals surface area contributed by atoms with Crippen LogP contribution in [0.25, 0.3) is 5.57 Å². The van der Waals surface area contributed by atoms with E-state index in [0.717, 1.165) is 12.0 Å². The molecule has 6 heteroatoms. The number of hydrogen-bond donors (Lipinski definition) is 2. The molecule has 0 saturated carbocycles. The largest absolute Gasteiger partial charge is 0.371 e. The van der Waals surface area contributed by atoms with E-state index in [4.69, 9.17) is 22.6 Å². The normalized spacial score (nSPS) is 17.5. The second-order valence-electron chi connectivity index (χ2n) is 6.33. The quantitative estimate of drug-likeness (QED) is 0.509. The first-order chi connectivity index (χ1) is 13.0. The van der Waals surface area contributed by atoms with Gasteiger partial charge in [0.2, 0.25) is 0 Å². The highest BCUT2D eigenvalue weighted by molar-refractivity contribution is 6.30. The fourth-order valence-corrected chi connectivity index (χ4v) is 3.01. The Morgan fingerprint density at radius 2 is 2.26 bits per heavy atom. The Hall–Kier alpha value is -2.42. The van der Waals surface area contributed by atoms with Crippen LogP contribution in [0.1, 0.15) is 50.4 Å². The molecule has 1 aromatic rings. The first-order valence-electron chi connectivity index (χ1n) is 8.97. The minimum absolute atomic E-state index is 0.0754. The number of allylic oxidation sites excluding steroid dienone is 6. The summed E-state index contributed by atoms with van der Waals surface area (Å²) in [6.07, 6.45) is 10.3. The van der Waals surface area contributed by atoms with Crippen molar-refractivity contribution in [1.82, 2.24) is 10.3 Å². The number of rotatable bonds is 7. The van der Waals surface area contributed by atoms with E-state index in [9.17, 15) is 4.39 Å². The third kappa shape index (κ3) is 5.78. The summed E-state index contributed by atoms with van der Waals surface area (Å²) in [7, 11) is 0. The maximum absolute atomic E-state index is 14.4. The number of nitrogens with one attached hydrogen (secondary N) is 1. The van der Waals surface area contributed by atoms with Crippen LogP contribution in [-0.4, -0.2) is 11.0 Å². The lowest BCUT2D eigenvalue weighted by molar-refractivity contribution is 0.590. The average molecular weight is 387 g/mol. The zero-order valence-electron chi connectivity index (χ0n) is 15.5. The number of hydrogen-bond acceptors (Lipinski definition) is 4. The van der Waals surface area contributed by atoms with Crippen molar-refractivity contribution < 1.29 is 4.39 Å². The summed E-state index contributed by atoms with van der Waals surface area (Å²) in [5, 5.41) is 12.8. The molecule has 2 rings (SSSR count). The second kappa shape index (κ2) is 10.1. The van der Waals surface area contributed by atoms with Gasteiger partial charge in [0, 0.05) is 29.3 Å². The Labute approximate surface area is 164 Å². The van der Waals surface area contributed by atoms with Crippen LogP contribution < -0.4 is 11.1 Å². The molecule has 2 unspecified atom stereocenters. The van der Waals surface area contributed by atoms with Crippen LogP contribution in [0, 0.1) is 11.3 Å². The summed E-state index contributed by atoms with van der Waals surface area (Å²) in [4.78, 5) is 4.34. The second-order valence-corrected chi connectivity index (χ2v) is 6.82. The molecule has 0 fully saturated rings. The maximum atomic E-state index is 14.4. The van der Waals surface area contributed by atoms with E-state index < -0.39 is 6.04 Å². The number of nitrogens with zero attached hydrogens (tertiary/aromatic N) is 2. The smallest absolute Gasteiger partial charge is 0.117 e. The predicted octanol–water partition coefficient (Wildman–Crippen LogP) is 5.03. The topological polar surface area (TPSA) is 74.7 Å². The predicted molar refractivity (Wildman–Crippen MR) is 108 cm³/mol. The molecule has 3 N–H and O–H groups in total. The van der Waals surface area contributed by atoms with E-state index in [1.807, 2.05) is 38.1 Å².